The van der Waals surface area contributed by atoms with Gasteiger partial charge in [-0.2, -0.15) is 11.3 Å². The van der Waals surface area contributed by atoms with Crippen molar-refractivity contribution in [1.29, 1.82) is 0 Å². The van der Waals surface area contributed by atoms with E-state index in [1.165, 1.54) is 11.3 Å². The molecule has 2 N–H and O–H groups in total. The number of aryl methyl sites for hydroxylation is 1. The van der Waals surface area contributed by atoms with Gasteiger partial charge in [-0.3, -0.25) is 4.79 Å². The zero-order valence-electron chi connectivity index (χ0n) is 10.4. The van der Waals surface area contributed by atoms with Crippen LogP contribution in [0.25, 0.3) is 0 Å². The van der Waals surface area contributed by atoms with Crippen LogP contribution in [-0.4, -0.2) is 22.5 Å². The van der Waals surface area contributed by atoms with E-state index >= 15 is 0 Å². The van der Waals surface area contributed by atoms with Gasteiger partial charge < -0.3 is 10.4 Å². The standard InChI is InChI=1S/C13H17NO3S/c1-9-7-18-8-10(9)11(15)14-13(12(16)17)5-3-2-4-6-13/h7-8H,2-6H2,1H3,(H,14,15)(H,16,17). The molecule has 4 nitrogen and oxygen atoms in total. The van der Waals surface area contributed by atoms with Crippen LogP contribution in [0.2, 0.25) is 0 Å². The third-order valence-corrected chi connectivity index (χ3v) is 4.43. The minimum Gasteiger partial charge on any atom is -0.480 e. The molecule has 0 radical (unpaired) electrons. The van der Waals surface area contributed by atoms with E-state index in [2.05, 4.69) is 5.32 Å². The molecular formula is C13H17NO3S. The maximum Gasteiger partial charge on any atom is 0.329 e. The van der Waals surface area contributed by atoms with E-state index in [1.54, 1.807) is 5.38 Å². The lowest BCUT2D eigenvalue weighted by Gasteiger charge is -2.33. The van der Waals surface area contributed by atoms with Crippen molar-refractivity contribution in [1.82, 2.24) is 5.32 Å². The summed E-state index contributed by atoms with van der Waals surface area (Å²) in [7, 11) is 0. The fourth-order valence-corrected chi connectivity index (χ4v) is 3.25. The van der Waals surface area contributed by atoms with Gasteiger partial charge in [0.15, 0.2) is 0 Å². The van der Waals surface area contributed by atoms with Gasteiger partial charge in [0, 0.05) is 5.38 Å². The van der Waals surface area contributed by atoms with Gasteiger partial charge in [-0.15, -0.1) is 0 Å². The second-order valence-corrected chi connectivity index (χ2v) is 5.61. The number of carboxylic acids is 1. The van der Waals surface area contributed by atoms with Crippen molar-refractivity contribution in [3.8, 4) is 0 Å². The van der Waals surface area contributed by atoms with E-state index in [0.717, 1.165) is 24.8 Å². The van der Waals surface area contributed by atoms with Gasteiger partial charge in [-0.05, 0) is 30.7 Å². The van der Waals surface area contributed by atoms with Gasteiger partial charge in [-0.1, -0.05) is 19.3 Å². The van der Waals surface area contributed by atoms with Crippen molar-refractivity contribution in [2.75, 3.05) is 0 Å². The fraction of sp³-hybridized carbons (Fsp3) is 0.538. The van der Waals surface area contributed by atoms with Crippen LogP contribution >= 0.6 is 11.3 Å². The number of hydrogen-bond acceptors (Lipinski definition) is 3. The summed E-state index contributed by atoms with van der Waals surface area (Å²) in [6.45, 7) is 1.86. The van der Waals surface area contributed by atoms with Crippen molar-refractivity contribution in [2.24, 2.45) is 0 Å². The van der Waals surface area contributed by atoms with Gasteiger partial charge in [0.2, 0.25) is 0 Å². The number of aliphatic carboxylic acids is 1. The topological polar surface area (TPSA) is 66.4 Å². The lowest BCUT2D eigenvalue weighted by molar-refractivity contribution is -0.145. The van der Waals surface area contributed by atoms with Crippen molar-refractivity contribution in [2.45, 2.75) is 44.6 Å². The van der Waals surface area contributed by atoms with Crippen LogP contribution in [0.3, 0.4) is 0 Å². The number of nitrogens with one attached hydrogen (secondary N) is 1. The predicted molar refractivity (Wildman–Crippen MR) is 70.0 cm³/mol. The molecule has 1 aliphatic rings. The highest BCUT2D eigenvalue weighted by molar-refractivity contribution is 7.08. The highest BCUT2D eigenvalue weighted by Crippen LogP contribution is 2.29. The third-order valence-electron chi connectivity index (χ3n) is 3.57. The summed E-state index contributed by atoms with van der Waals surface area (Å²) >= 11 is 1.46. The molecule has 1 aromatic rings. The van der Waals surface area contributed by atoms with Gasteiger partial charge in [0.1, 0.15) is 5.54 Å². The van der Waals surface area contributed by atoms with E-state index in [1.807, 2.05) is 12.3 Å². The minimum absolute atomic E-state index is 0.266. The molecular weight excluding hydrogens is 250 g/mol. The highest BCUT2D eigenvalue weighted by atomic mass is 32.1. The summed E-state index contributed by atoms with van der Waals surface area (Å²) < 4.78 is 0. The van der Waals surface area contributed by atoms with Crippen molar-refractivity contribution >= 4 is 23.2 Å². The number of carbonyl (C=O) groups is 2. The first-order chi connectivity index (χ1) is 8.55. The molecule has 1 amide bonds. The number of hydrogen-bond donors (Lipinski definition) is 2. The molecule has 1 fully saturated rings. The zero-order valence-corrected chi connectivity index (χ0v) is 11.2. The summed E-state index contributed by atoms with van der Waals surface area (Å²) in [5.74, 6) is -1.18. The lowest BCUT2D eigenvalue weighted by atomic mass is 9.81. The number of amides is 1. The largest absolute Gasteiger partial charge is 0.480 e. The van der Waals surface area contributed by atoms with Crippen LogP contribution in [0.1, 0.15) is 48.0 Å². The van der Waals surface area contributed by atoms with E-state index in [-0.39, 0.29) is 5.91 Å². The number of carboxylic acid groups (broad SMARTS) is 1. The molecule has 1 aromatic heterocycles. The quantitative estimate of drug-likeness (QED) is 0.884. The Morgan fingerprint density at radius 1 is 1.28 bits per heavy atom. The van der Waals surface area contributed by atoms with Crippen LogP contribution in [0.5, 0.6) is 0 Å². The van der Waals surface area contributed by atoms with E-state index < -0.39 is 11.5 Å². The molecule has 0 unspecified atom stereocenters. The van der Waals surface area contributed by atoms with Gasteiger partial charge in [-0.25, -0.2) is 4.79 Å². The number of thiophene rings is 1. The summed E-state index contributed by atoms with van der Waals surface area (Å²) in [5, 5.41) is 15.8. The van der Waals surface area contributed by atoms with Crippen molar-refractivity contribution in [3.63, 3.8) is 0 Å². The molecule has 1 saturated carbocycles. The Balaban J connectivity index is 2.17. The first-order valence-electron chi connectivity index (χ1n) is 6.14. The first-order valence-corrected chi connectivity index (χ1v) is 7.08. The molecule has 0 atom stereocenters. The monoisotopic (exact) mass is 267 g/mol. The zero-order chi connectivity index (χ0) is 13.2. The SMILES string of the molecule is Cc1cscc1C(=O)NC1(C(=O)O)CCCCC1. The van der Waals surface area contributed by atoms with Gasteiger partial charge in [0.25, 0.3) is 5.91 Å². The Kier molecular flexibility index (Phi) is 3.71. The maximum absolute atomic E-state index is 12.1. The van der Waals surface area contributed by atoms with E-state index in [0.29, 0.717) is 18.4 Å². The molecule has 0 saturated heterocycles. The minimum atomic E-state index is -1.07. The molecule has 1 aliphatic carbocycles. The number of carbonyl (C=O) groups excluding carboxylic acids is 1. The maximum atomic E-state index is 12.1. The second kappa shape index (κ2) is 5.10. The van der Waals surface area contributed by atoms with E-state index in [9.17, 15) is 14.7 Å². The van der Waals surface area contributed by atoms with Crippen LogP contribution in [0, 0.1) is 6.92 Å². The molecule has 2 rings (SSSR count). The average molecular weight is 267 g/mol. The van der Waals surface area contributed by atoms with Crippen LogP contribution in [0.4, 0.5) is 0 Å². The third kappa shape index (κ3) is 2.41. The summed E-state index contributed by atoms with van der Waals surface area (Å²) in [6.07, 6.45) is 3.81. The second-order valence-electron chi connectivity index (χ2n) is 4.87. The smallest absolute Gasteiger partial charge is 0.329 e. The molecule has 0 spiro atoms. The average Bonchev–Trinajstić information content (AvgIpc) is 2.76. The summed E-state index contributed by atoms with van der Waals surface area (Å²) in [4.78, 5) is 23.6. The Labute approximate surface area is 110 Å². The first kappa shape index (κ1) is 13.1. The van der Waals surface area contributed by atoms with Crippen LogP contribution in [0.15, 0.2) is 10.8 Å². The fourth-order valence-electron chi connectivity index (χ4n) is 2.43. The Bertz CT molecular complexity index is 461. The molecule has 1 heterocycles. The molecule has 5 heteroatoms. The normalized spacial score (nSPS) is 18.3. The van der Waals surface area contributed by atoms with Crippen LogP contribution < -0.4 is 5.32 Å². The van der Waals surface area contributed by atoms with Crippen molar-refractivity contribution < 1.29 is 14.7 Å². The lowest BCUT2D eigenvalue weighted by Crippen LogP contribution is -2.55. The molecule has 18 heavy (non-hydrogen) atoms. The molecule has 98 valence electrons. The molecule has 0 aromatic carbocycles. The predicted octanol–water partition coefficient (Wildman–Crippen LogP) is 2.57. The Morgan fingerprint density at radius 3 is 2.44 bits per heavy atom. The van der Waals surface area contributed by atoms with Crippen molar-refractivity contribution in [3.05, 3.63) is 21.9 Å². The van der Waals surface area contributed by atoms with Gasteiger partial charge in [0.05, 0.1) is 5.56 Å². The van der Waals surface area contributed by atoms with Gasteiger partial charge >= 0.3 is 5.97 Å². The Hall–Kier alpha value is -1.36. The Morgan fingerprint density at radius 2 is 1.94 bits per heavy atom. The molecule has 0 aliphatic heterocycles. The highest BCUT2D eigenvalue weighted by Gasteiger charge is 2.41. The summed E-state index contributed by atoms with van der Waals surface area (Å²) in [5.41, 5.74) is 0.420. The van der Waals surface area contributed by atoms with Crippen LogP contribution in [-0.2, 0) is 4.79 Å². The summed E-state index contributed by atoms with van der Waals surface area (Å²) in [6, 6.07) is 0. The molecule has 0 bridgehead atoms. The van der Waals surface area contributed by atoms with E-state index in [4.69, 9.17) is 0 Å². The number of rotatable bonds is 3.